The highest BCUT2D eigenvalue weighted by Gasteiger charge is 2.32. The molecule has 2 heterocycles. The number of rotatable bonds is 13. The zero-order chi connectivity index (χ0) is 29.4. The molecule has 10 heteroatoms. The summed E-state index contributed by atoms with van der Waals surface area (Å²) in [6.07, 6.45) is 3.95. The van der Waals surface area contributed by atoms with Gasteiger partial charge in [-0.25, -0.2) is 4.79 Å². The summed E-state index contributed by atoms with van der Waals surface area (Å²) in [6, 6.07) is 13.3. The van der Waals surface area contributed by atoms with Crippen LogP contribution in [-0.2, 0) is 32.0 Å². The van der Waals surface area contributed by atoms with Crippen molar-refractivity contribution in [1.82, 2.24) is 26.3 Å². The molecule has 1 aromatic heterocycles. The molecule has 4 rings (SSSR count). The Morgan fingerprint density at radius 1 is 0.878 bits per heavy atom. The van der Waals surface area contributed by atoms with Crippen LogP contribution in [0.3, 0.4) is 0 Å². The Balaban J connectivity index is 1.51. The fourth-order valence-corrected chi connectivity index (χ4v) is 5.21. The van der Waals surface area contributed by atoms with E-state index in [9.17, 15) is 24.3 Å². The minimum Gasteiger partial charge on any atom is -0.480 e. The summed E-state index contributed by atoms with van der Waals surface area (Å²) in [7, 11) is 0. The number of carbonyl (C=O) groups excluding carboxylic acids is 3. The Morgan fingerprint density at radius 3 is 2.24 bits per heavy atom. The first-order chi connectivity index (χ1) is 19.7. The third-order valence-electron chi connectivity index (χ3n) is 7.35. The van der Waals surface area contributed by atoms with Gasteiger partial charge < -0.3 is 31.4 Å². The molecule has 1 aliphatic heterocycles. The van der Waals surface area contributed by atoms with Crippen LogP contribution in [0.15, 0.2) is 60.8 Å². The summed E-state index contributed by atoms with van der Waals surface area (Å²) in [4.78, 5) is 55.2. The monoisotopic (exact) mass is 561 g/mol. The van der Waals surface area contributed by atoms with Crippen LogP contribution in [-0.4, -0.2) is 64.5 Å². The number of hydrogen-bond donors (Lipinski definition) is 6. The molecule has 4 unspecified atom stereocenters. The number of carboxylic acid groups (broad SMARTS) is 1. The number of aromatic nitrogens is 1. The SMILES string of the molecule is CC(C)CC(NC(=O)C1CCCN1)C(=O)NC(Cc1ccccc1)C(=O)NC(Cc1c[nH]c2ccccc12)C(=O)O. The summed E-state index contributed by atoms with van der Waals surface area (Å²) in [5.74, 6) is -2.40. The van der Waals surface area contributed by atoms with Gasteiger partial charge in [-0.1, -0.05) is 62.4 Å². The van der Waals surface area contributed by atoms with Crippen LogP contribution in [0.5, 0.6) is 0 Å². The number of amides is 3. The van der Waals surface area contributed by atoms with E-state index < -0.39 is 35.9 Å². The van der Waals surface area contributed by atoms with Crippen LogP contribution >= 0.6 is 0 Å². The van der Waals surface area contributed by atoms with E-state index in [0.717, 1.165) is 35.0 Å². The number of H-pyrrole nitrogens is 1. The fourth-order valence-electron chi connectivity index (χ4n) is 5.21. The molecule has 3 aromatic rings. The molecule has 10 nitrogen and oxygen atoms in total. The first-order valence-corrected chi connectivity index (χ1v) is 14.2. The molecule has 1 aliphatic rings. The maximum Gasteiger partial charge on any atom is 0.326 e. The summed E-state index contributed by atoms with van der Waals surface area (Å²) in [5, 5.41) is 22.3. The van der Waals surface area contributed by atoms with Crippen molar-refractivity contribution in [3.63, 3.8) is 0 Å². The maximum absolute atomic E-state index is 13.6. The molecule has 0 radical (unpaired) electrons. The van der Waals surface area contributed by atoms with Gasteiger partial charge in [-0.3, -0.25) is 14.4 Å². The van der Waals surface area contributed by atoms with Crippen molar-refractivity contribution in [1.29, 1.82) is 0 Å². The molecule has 0 aliphatic carbocycles. The molecule has 218 valence electrons. The highest BCUT2D eigenvalue weighted by Crippen LogP contribution is 2.19. The van der Waals surface area contributed by atoms with Crippen molar-refractivity contribution in [3.05, 3.63) is 71.9 Å². The molecular formula is C31H39N5O5. The number of benzene rings is 2. The van der Waals surface area contributed by atoms with E-state index >= 15 is 0 Å². The molecular weight excluding hydrogens is 522 g/mol. The average Bonchev–Trinajstić information content (AvgIpc) is 3.63. The van der Waals surface area contributed by atoms with E-state index in [4.69, 9.17) is 0 Å². The maximum atomic E-state index is 13.6. The van der Waals surface area contributed by atoms with Crippen molar-refractivity contribution < 1.29 is 24.3 Å². The van der Waals surface area contributed by atoms with Crippen molar-refractivity contribution in [2.24, 2.45) is 5.92 Å². The summed E-state index contributed by atoms with van der Waals surface area (Å²) >= 11 is 0. The molecule has 4 atom stereocenters. The second kappa shape index (κ2) is 13.9. The second-order valence-corrected chi connectivity index (χ2v) is 11.1. The van der Waals surface area contributed by atoms with Gasteiger partial charge in [-0.05, 0) is 48.9 Å². The van der Waals surface area contributed by atoms with Gasteiger partial charge in [0.2, 0.25) is 17.7 Å². The molecule has 0 bridgehead atoms. The Bertz CT molecular complexity index is 1350. The van der Waals surface area contributed by atoms with Crippen molar-refractivity contribution in [3.8, 4) is 0 Å². The van der Waals surface area contributed by atoms with Crippen LogP contribution < -0.4 is 21.3 Å². The lowest BCUT2D eigenvalue weighted by molar-refractivity contribution is -0.142. The summed E-state index contributed by atoms with van der Waals surface area (Å²) < 4.78 is 0. The van der Waals surface area contributed by atoms with Crippen LogP contribution in [0.1, 0.15) is 44.2 Å². The molecule has 41 heavy (non-hydrogen) atoms. The standard InChI is InChI=1S/C31H39N5O5/c1-19(2)15-25(34-28(37)24-13-8-14-32-24)29(38)35-26(16-20-9-4-3-5-10-20)30(39)36-27(31(40)41)17-21-18-33-23-12-7-6-11-22(21)23/h3-7,9-12,18-19,24-27,32-33H,8,13-17H2,1-2H3,(H,34,37)(H,35,38)(H,36,39)(H,40,41). The van der Waals surface area contributed by atoms with E-state index in [1.807, 2.05) is 68.4 Å². The van der Waals surface area contributed by atoms with E-state index in [2.05, 4.69) is 26.3 Å². The van der Waals surface area contributed by atoms with Gasteiger partial charge in [0.1, 0.15) is 18.1 Å². The molecule has 1 saturated heterocycles. The fraction of sp³-hybridized carbons (Fsp3) is 0.419. The summed E-state index contributed by atoms with van der Waals surface area (Å²) in [6.45, 7) is 4.66. The number of aliphatic carboxylic acids is 1. The minimum atomic E-state index is -1.21. The number of nitrogens with one attached hydrogen (secondary N) is 5. The van der Waals surface area contributed by atoms with E-state index in [0.29, 0.717) is 12.8 Å². The third kappa shape index (κ3) is 8.17. The first-order valence-electron chi connectivity index (χ1n) is 14.2. The number of aromatic amines is 1. The molecule has 2 aromatic carbocycles. The van der Waals surface area contributed by atoms with E-state index in [1.165, 1.54) is 0 Å². The van der Waals surface area contributed by atoms with Crippen LogP contribution in [0.25, 0.3) is 10.9 Å². The van der Waals surface area contributed by atoms with Crippen LogP contribution in [0.4, 0.5) is 0 Å². The highest BCUT2D eigenvalue weighted by atomic mass is 16.4. The number of carboxylic acids is 1. The lowest BCUT2D eigenvalue weighted by Crippen LogP contribution is -2.58. The van der Waals surface area contributed by atoms with E-state index in [1.54, 1.807) is 6.20 Å². The van der Waals surface area contributed by atoms with Gasteiger partial charge in [-0.2, -0.15) is 0 Å². The molecule has 3 amide bonds. The molecule has 0 saturated carbocycles. The predicted molar refractivity (Wildman–Crippen MR) is 156 cm³/mol. The Morgan fingerprint density at radius 2 is 1.56 bits per heavy atom. The predicted octanol–water partition coefficient (Wildman–Crippen LogP) is 2.29. The number of hydrogen-bond acceptors (Lipinski definition) is 5. The normalized spacial score (nSPS) is 17.1. The second-order valence-electron chi connectivity index (χ2n) is 11.1. The molecule has 6 N–H and O–H groups in total. The Labute approximate surface area is 239 Å². The van der Waals surface area contributed by atoms with Gasteiger partial charge in [0.05, 0.1) is 6.04 Å². The van der Waals surface area contributed by atoms with Gasteiger partial charge >= 0.3 is 5.97 Å². The Hall–Kier alpha value is -4.18. The topological polar surface area (TPSA) is 152 Å². The van der Waals surface area contributed by atoms with Crippen molar-refractivity contribution in [2.75, 3.05) is 6.54 Å². The van der Waals surface area contributed by atoms with Crippen LogP contribution in [0.2, 0.25) is 0 Å². The van der Waals surface area contributed by atoms with Gasteiger partial charge in [0, 0.05) is 29.9 Å². The van der Waals surface area contributed by atoms with Gasteiger partial charge in [0.25, 0.3) is 0 Å². The number of para-hydroxylation sites is 1. The smallest absolute Gasteiger partial charge is 0.326 e. The zero-order valence-electron chi connectivity index (χ0n) is 23.5. The molecule has 1 fully saturated rings. The lowest BCUT2D eigenvalue weighted by atomic mass is 10.00. The Kier molecular flexibility index (Phi) is 10.1. The number of carbonyl (C=O) groups is 4. The summed E-state index contributed by atoms with van der Waals surface area (Å²) in [5.41, 5.74) is 2.44. The first kappa shape index (κ1) is 29.8. The lowest BCUT2D eigenvalue weighted by Gasteiger charge is -2.26. The quantitative estimate of drug-likeness (QED) is 0.188. The third-order valence-corrected chi connectivity index (χ3v) is 7.35. The molecule has 0 spiro atoms. The van der Waals surface area contributed by atoms with Crippen LogP contribution in [0, 0.1) is 5.92 Å². The number of fused-ring (bicyclic) bond motifs is 1. The van der Waals surface area contributed by atoms with E-state index in [-0.39, 0.29) is 30.7 Å². The van der Waals surface area contributed by atoms with Gasteiger partial charge in [-0.15, -0.1) is 0 Å². The largest absolute Gasteiger partial charge is 0.480 e. The van der Waals surface area contributed by atoms with Gasteiger partial charge in [0.15, 0.2) is 0 Å². The van der Waals surface area contributed by atoms with Crippen molar-refractivity contribution >= 4 is 34.6 Å². The highest BCUT2D eigenvalue weighted by molar-refractivity contribution is 5.94. The van der Waals surface area contributed by atoms with Crippen molar-refractivity contribution in [2.45, 2.75) is 70.1 Å². The minimum absolute atomic E-state index is 0.0670. The average molecular weight is 562 g/mol. The zero-order valence-corrected chi connectivity index (χ0v) is 23.5.